The van der Waals surface area contributed by atoms with E-state index >= 15 is 0 Å². The fraction of sp³-hybridized carbons (Fsp3) is 0.312. The zero-order chi connectivity index (χ0) is 14.5. The number of nitrogens with one attached hydrogen (secondary N) is 1. The van der Waals surface area contributed by atoms with Crippen LogP contribution in [0.4, 0.5) is 4.39 Å². The second kappa shape index (κ2) is 6.48. The highest BCUT2D eigenvalue weighted by atomic mass is 19.1. The number of nitrogens with zero attached hydrogens (tertiary/aromatic N) is 1. The summed E-state index contributed by atoms with van der Waals surface area (Å²) in [5, 5.41) is 3.36. The summed E-state index contributed by atoms with van der Waals surface area (Å²) >= 11 is 0. The van der Waals surface area contributed by atoms with Crippen LogP contribution in [0.15, 0.2) is 36.7 Å². The number of hydrogen-bond acceptors (Lipinski definition) is 3. The van der Waals surface area contributed by atoms with E-state index in [1.807, 2.05) is 26.0 Å². The highest BCUT2D eigenvalue weighted by Gasteiger charge is 2.15. The number of ether oxygens (including phenoxy) is 1. The van der Waals surface area contributed by atoms with E-state index in [-0.39, 0.29) is 11.9 Å². The van der Waals surface area contributed by atoms with Crippen LogP contribution in [0.1, 0.15) is 29.7 Å². The molecule has 0 aliphatic heterocycles. The van der Waals surface area contributed by atoms with Gasteiger partial charge in [-0.25, -0.2) is 4.39 Å². The van der Waals surface area contributed by atoms with Gasteiger partial charge in [-0.1, -0.05) is 19.1 Å². The first-order valence-corrected chi connectivity index (χ1v) is 6.64. The topological polar surface area (TPSA) is 34.2 Å². The number of rotatable bonds is 5. The summed E-state index contributed by atoms with van der Waals surface area (Å²) in [6.07, 6.45) is 2.90. The van der Waals surface area contributed by atoms with Gasteiger partial charge in [-0.2, -0.15) is 0 Å². The van der Waals surface area contributed by atoms with Gasteiger partial charge in [0.1, 0.15) is 11.6 Å². The summed E-state index contributed by atoms with van der Waals surface area (Å²) < 4.78 is 18.6. The van der Waals surface area contributed by atoms with Crippen LogP contribution in [0.5, 0.6) is 5.75 Å². The first-order chi connectivity index (χ1) is 9.65. The molecular formula is C16H19FN2O. The summed E-state index contributed by atoms with van der Waals surface area (Å²) in [4.78, 5) is 3.93. The monoisotopic (exact) mass is 274 g/mol. The molecule has 1 unspecified atom stereocenters. The van der Waals surface area contributed by atoms with Gasteiger partial charge in [0.15, 0.2) is 0 Å². The van der Waals surface area contributed by atoms with Gasteiger partial charge in [-0.15, -0.1) is 0 Å². The maximum Gasteiger partial charge on any atom is 0.141 e. The fourth-order valence-electron chi connectivity index (χ4n) is 2.30. The third-order valence-electron chi connectivity index (χ3n) is 3.22. The average Bonchev–Trinajstić information content (AvgIpc) is 2.44. The molecule has 1 aromatic heterocycles. The van der Waals surface area contributed by atoms with Crippen molar-refractivity contribution in [1.82, 2.24) is 10.3 Å². The highest BCUT2D eigenvalue weighted by molar-refractivity contribution is 5.40. The van der Waals surface area contributed by atoms with Crippen molar-refractivity contribution in [3.8, 4) is 5.75 Å². The Hall–Kier alpha value is -1.94. The number of benzene rings is 1. The molecule has 0 aliphatic rings. The molecule has 0 fully saturated rings. The minimum atomic E-state index is -0.323. The second-order valence-electron chi connectivity index (χ2n) is 4.66. The Morgan fingerprint density at radius 2 is 2.05 bits per heavy atom. The molecule has 0 saturated heterocycles. The van der Waals surface area contributed by atoms with Crippen molar-refractivity contribution in [2.45, 2.75) is 19.9 Å². The molecule has 3 nitrogen and oxygen atoms in total. The van der Waals surface area contributed by atoms with Gasteiger partial charge in [0, 0.05) is 6.20 Å². The lowest BCUT2D eigenvalue weighted by Gasteiger charge is -2.20. The molecule has 1 aromatic carbocycles. The number of methoxy groups -OCH3 is 1. The molecule has 2 aromatic rings. The molecule has 1 N–H and O–H groups in total. The number of aryl methyl sites for hydroxylation is 1. The van der Waals surface area contributed by atoms with Gasteiger partial charge >= 0.3 is 0 Å². The van der Waals surface area contributed by atoms with E-state index in [0.29, 0.717) is 0 Å². The van der Waals surface area contributed by atoms with Gasteiger partial charge < -0.3 is 10.1 Å². The lowest BCUT2D eigenvalue weighted by molar-refractivity contribution is 0.411. The quantitative estimate of drug-likeness (QED) is 0.909. The van der Waals surface area contributed by atoms with Gasteiger partial charge in [0.2, 0.25) is 0 Å². The van der Waals surface area contributed by atoms with Crippen molar-refractivity contribution in [2.24, 2.45) is 0 Å². The summed E-state index contributed by atoms with van der Waals surface area (Å²) in [6, 6.07) is 7.41. The molecule has 0 saturated carbocycles. The second-order valence-corrected chi connectivity index (χ2v) is 4.66. The number of halogens is 1. The standard InChI is InChI=1S/C16H19FN2O/c1-4-19-16(13-8-14(17)10-18-9-13)12-5-6-15(20-3)11(2)7-12/h5-10,16,19H,4H2,1-3H3. The zero-order valence-electron chi connectivity index (χ0n) is 12.0. The van der Waals surface area contributed by atoms with Gasteiger partial charge in [-0.3, -0.25) is 4.98 Å². The van der Waals surface area contributed by atoms with Crippen LogP contribution < -0.4 is 10.1 Å². The van der Waals surface area contributed by atoms with Crippen LogP contribution in [-0.2, 0) is 0 Å². The number of aromatic nitrogens is 1. The third kappa shape index (κ3) is 3.14. The average molecular weight is 274 g/mol. The van der Waals surface area contributed by atoms with Crippen LogP contribution in [0.25, 0.3) is 0 Å². The van der Waals surface area contributed by atoms with Gasteiger partial charge in [0.05, 0.1) is 19.3 Å². The van der Waals surface area contributed by atoms with Crippen molar-refractivity contribution < 1.29 is 9.13 Å². The van der Waals surface area contributed by atoms with E-state index in [2.05, 4.69) is 16.4 Å². The van der Waals surface area contributed by atoms with E-state index in [1.54, 1.807) is 13.3 Å². The van der Waals surface area contributed by atoms with Crippen LogP contribution in [0.2, 0.25) is 0 Å². The zero-order valence-corrected chi connectivity index (χ0v) is 12.0. The lowest BCUT2D eigenvalue weighted by Crippen LogP contribution is -2.22. The molecule has 1 heterocycles. The van der Waals surface area contributed by atoms with Crippen molar-refractivity contribution in [3.63, 3.8) is 0 Å². The van der Waals surface area contributed by atoms with Crippen LogP contribution in [0.3, 0.4) is 0 Å². The first-order valence-electron chi connectivity index (χ1n) is 6.64. The molecule has 0 radical (unpaired) electrons. The maximum absolute atomic E-state index is 13.4. The molecule has 0 bridgehead atoms. The smallest absolute Gasteiger partial charge is 0.141 e. The van der Waals surface area contributed by atoms with Crippen molar-refractivity contribution >= 4 is 0 Å². The fourth-order valence-corrected chi connectivity index (χ4v) is 2.30. The van der Waals surface area contributed by atoms with E-state index in [4.69, 9.17) is 4.74 Å². The van der Waals surface area contributed by atoms with E-state index in [0.717, 1.165) is 29.0 Å². The molecule has 4 heteroatoms. The first kappa shape index (κ1) is 14.5. The Morgan fingerprint density at radius 3 is 2.65 bits per heavy atom. The number of pyridine rings is 1. The minimum absolute atomic E-state index is 0.0761. The lowest BCUT2D eigenvalue weighted by atomic mass is 9.98. The molecule has 0 amide bonds. The maximum atomic E-state index is 13.4. The molecule has 2 rings (SSSR count). The van der Waals surface area contributed by atoms with E-state index < -0.39 is 0 Å². The predicted molar refractivity (Wildman–Crippen MR) is 77.4 cm³/mol. The SMILES string of the molecule is CCNC(c1cncc(F)c1)c1ccc(OC)c(C)c1. The van der Waals surface area contributed by atoms with Gasteiger partial charge in [0.25, 0.3) is 0 Å². The largest absolute Gasteiger partial charge is 0.496 e. The van der Waals surface area contributed by atoms with Crippen molar-refractivity contribution in [2.75, 3.05) is 13.7 Å². The predicted octanol–water partition coefficient (Wildman–Crippen LogP) is 3.24. The molecule has 0 aliphatic carbocycles. The summed E-state index contributed by atoms with van der Waals surface area (Å²) in [5.41, 5.74) is 2.94. The van der Waals surface area contributed by atoms with Crippen molar-refractivity contribution in [1.29, 1.82) is 0 Å². The van der Waals surface area contributed by atoms with E-state index in [9.17, 15) is 4.39 Å². The van der Waals surface area contributed by atoms with Crippen LogP contribution in [0, 0.1) is 12.7 Å². The summed E-state index contributed by atoms with van der Waals surface area (Å²) in [6.45, 7) is 4.80. The van der Waals surface area contributed by atoms with Crippen molar-refractivity contribution in [3.05, 3.63) is 59.2 Å². The molecule has 0 spiro atoms. The van der Waals surface area contributed by atoms with Crippen LogP contribution in [-0.4, -0.2) is 18.6 Å². The summed E-state index contributed by atoms with van der Waals surface area (Å²) in [5.74, 6) is 0.525. The van der Waals surface area contributed by atoms with Gasteiger partial charge in [-0.05, 0) is 42.3 Å². The Labute approximate surface area is 118 Å². The molecule has 1 atom stereocenters. The molecule has 106 valence electrons. The summed E-state index contributed by atoms with van der Waals surface area (Å²) in [7, 11) is 1.65. The number of hydrogen-bond donors (Lipinski definition) is 1. The Morgan fingerprint density at radius 1 is 1.25 bits per heavy atom. The minimum Gasteiger partial charge on any atom is -0.496 e. The van der Waals surface area contributed by atoms with Crippen LogP contribution >= 0.6 is 0 Å². The normalized spacial score (nSPS) is 12.2. The molecular weight excluding hydrogens is 255 g/mol. The third-order valence-corrected chi connectivity index (χ3v) is 3.22. The highest BCUT2D eigenvalue weighted by Crippen LogP contribution is 2.26. The molecule has 20 heavy (non-hydrogen) atoms. The Balaban J connectivity index is 2.40. The Bertz CT molecular complexity index is 586. The Kier molecular flexibility index (Phi) is 4.69. The van der Waals surface area contributed by atoms with E-state index in [1.165, 1.54) is 12.3 Å².